The molecule has 0 radical (unpaired) electrons. The van der Waals surface area contributed by atoms with Crippen molar-refractivity contribution in [3.63, 3.8) is 0 Å². The molecule has 3 atom stereocenters. The van der Waals surface area contributed by atoms with Gasteiger partial charge in [-0.05, 0) is 63.8 Å². The number of amides is 1. The van der Waals surface area contributed by atoms with E-state index in [1.54, 1.807) is 0 Å². The highest BCUT2D eigenvalue weighted by atomic mass is 16.5. The van der Waals surface area contributed by atoms with Crippen molar-refractivity contribution in [2.45, 2.75) is 51.6 Å². The van der Waals surface area contributed by atoms with Gasteiger partial charge in [0, 0.05) is 26.2 Å². The molecule has 120 valence electrons. The Labute approximate surface area is 128 Å². The van der Waals surface area contributed by atoms with E-state index in [-0.39, 0.29) is 5.92 Å². The summed E-state index contributed by atoms with van der Waals surface area (Å²) in [7, 11) is 0. The number of rotatable bonds is 5. The fourth-order valence-electron chi connectivity index (χ4n) is 3.77. The second-order valence-corrected chi connectivity index (χ2v) is 7.36. The summed E-state index contributed by atoms with van der Waals surface area (Å²) in [6.07, 6.45) is 7.61. The minimum absolute atomic E-state index is 0.217. The number of ether oxygens (including phenoxy) is 1. The number of piperidine rings is 1. The SMILES string of the molecule is C[C@@H]1C[C@H](CN2CCC[C@H](C(=O)NCC3CC3)C2)CCO1. The predicted octanol–water partition coefficient (Wildman–Crippen LogP) is 2.04. The molecule has 21 heavy (non-hydrogen) atoms. The monoisotopic (exact) mass is 294 g/mol. The second-order valence-electron chi connectivity index (χ2n) is 7.36. The Hall–Kier alpha value is -0.610. The molecule has 3 aliphatic rings. The van der Waals surface area contributed by atoms with E-state index in [1.165, 1.54) is 32.1 Å². The van der Waals surface area contributed by atoms with Crippen molar-refractivity contribution in [2.24, 2.45) is 17.8 Å². The zero-order valence-corrected chi connectivity index (χ0v) is 13.4. The average molecular weight is 294 g/mol. The van der Waals surface area contributed by atoms with Gasteiger partial charge in [-0.1, -0.05) is 0 Å². The first-order valence-electron chi connectivity index (χ1n) is 8.82. The number of likely N-dealkylation sites (tertiary alicyclic amines) is 1. The van der Waals surface area contributed by atoms with E-state index in [0.29, 0.717) is 12.0 Å². The molecule has 2 saturated heterocycles. The van der Waals surface area contributed by atoms with E-state index in [9.17, 15) is 4.79 Å². The van der Waals surface area contributed by atoms with Crippen LogP contribution in [0.2, 0.25) is 0 Å². The van der Waals surface area contributed by atoms with Crippen molar-refractivity contribution < 1.29 is 9.53 Å². The van der Waals surface area contributed by atoms with Gasteiger partial charge in [-0.25, -0.2) is 0 Å². The Balaban J connectivity index is 1.42. The normalized spacial score (nSPS) is 34.6. The fourth-order valence-corrected chi connectivity index (χ4v) is 3.77. The summed E-state index contributed by atoms with van der Waals surface area (Å²) >= 11 is 0. The Morgan fingerprint density at radius 3 is 2.86 bits per heavy atom. The third-order valence-corrected chi connectivity index (χ3v) is 5.25. The Kier molecular flexibility index (Phi) is 5.17. The third kappa shape index (κ3) is 4.68. The van der Waals surface area contributed by atoms with Crippen molar-refractivity contribution in [3.05, 3.63) is 0 Å². The summed E-state index contributed by atoms with van der Waals surface area (Å²) in [6, 6.07) is 0. The molecule has 0 aromatic heterocycles. The van der Waals surface area contributed by atoms with Crippen LogP contribution in [0.3, 0.4) is 0 Å². The first-order chi connectivity index (χ1) is 10.2. The lowest BCUT2D eigenvalue weighted by Gasteiger charge is -2.36. The molecular weight excluding hydrogens is 264 g/mol. The molecule has 0 spiro atoms. The molecule has 1 amide bonds. The number of nitrogens with one attached hydrogen (secondary N) is 1. The lowest BCUT2D eigenvalue weighted by molar-refractivity contribution is -0.127. The Morgan fingerprint density at radius 2 is 2.10 bits per heavy atom. The fraction of sp³-hybridized carbons (Fsp3) is 0.941. The molecule has 3 fully saturated rings. The minimum Gasteiger partial charge on any atom is -0.378 e. The van der Waals surface area contributed by atoms with Gasteiger partial charge in [0.15, 0.2) is 0 Å². The summed E-state index contributed by atoms with van der Waals surface area (Å²) in [4.78, 5) is 14.8. The zero-order valence-electron chi connectivity index (χ0n) is 13.4. The first kappa shape index (κ1) is 15.3. The van der Waals surface area contributed by atoms with Gasteiger partial charge < -0.3 is 15.0 Å². The highest BCUT2D eigenvalue weighted by Gasteiger charge is 2.29. The molecular formula is C17H30N2O2. The molecule has 4 heteroatoms. The number of carbonyl (C=O) groups is 1. The zero-order chi connectivity index (χ0) is 14.7. The van der Waals surface area contributed by atoms with E-state index >= 15 is 0 Å². The maximum atomic E-state index is 12.3. The quantitative estimate of drug-likeness (QED) is 0.843. The van der Waals surface area contributed by atoms with Crippen molar-refractivity contribution in [1.82, 2.24) is 10.2 Å². The molecule has 1 aliphatic carbocycles. The number of carbonyl (C=O) groups excluding carboxylic acids is 1. The Bertz CT molecular complexity index is 357. The summed E-state index contributed by atoms with van der Waals surface area (Å²) in [5.74, 6) is 2.04. The van der Waals surface area contributed by atoms with Crippen LogP contribution in [-0.2, 0) is 9.53 Å². The highest BCUT2D eigenvalue weighted by Crippen LogP contribution is 2.28. The third-order valence-electron chi connectivity index (χ3n) is 5.25. The molecule has 1 saturated carbocycles. The van der Waals surface area contributed by atoms with Gasteiger partial charge in [-0.2, -0.15) is 0 Å². The maximum absolute atomic E-state index is 12.3. The van der Waals surface area contributed by atoms with Crippen LogP contribution < -0.4 is 5.32 Å². The van der Waals surface area contributed by atoms with Crippen molar-refractivity contribution in [1.29, 1.82) is 0 Å². The minimum atomic E-state index is 0.217. The molecule has 4 nitrogen and oxygen atoms in total. The summed E-state index contributed by atoms with van der Waals surface area (Å²) < 4.78 is 5.63. The van der Waals surface area contributed by atoms with Crippen LogP contribution in [0.25, 0.3) is 0 Å². The lowest BCUT2D eigenvalue weighted by atomic mass is 9.92. The number of nitrogens with zero attached hydrogens (tertiary/aromatic N) is 1. The average Bonchev–Trinajstić information content (AvgIpc) is 3.29. The van der Waals surface area contributed by atoms with Crippen LogP contribution in [-0.4, -0.2) is 49.7 Å². The Morgan fingerprint density at radius 1 is 1.24 bits per heavy atom. The summed E-state index contributed by atoms with van der Waals surface area (Å²) in [5.41, 5.74) is 0. The van der Waals surface area contributed by atoms with Gasteiger partial charge in [0.25, 0.3) is 0 Å². The molecule has 3 rings (SSSR count). The maximum Gasteiger partial charge on any atom is 0.224 e. The van der Waals surface area contributed by atoms with E-state index in [1.807, 2.05) is 0 Å². The van der Waals surface area contributed by atoms with E-state index in [0.717, 1.165) is 51.0 Å². The molecule has 0 aromatic rings. The van der Waals surface area contributed by atoms with Crippen molar-refractivity contribution >= 4 is 5.91 Å². The molecule has 2 aliphatic heterocycles. The summed E-state index contributed by atoms with van der Waals surface area (Å²) in [5, 5.41) is 3.16. The van der Waals surface area contributed by atoms with Crippen molar-refractivity contribution in [3.8, 4) is 0 Å². The molecule has 0 bridgehead atoms. The molecule has 0 aromatic carbocycles. The van der Waals surface area contributed by atoms with Gasteiger partial charge >= 0.3 is 0 Å². The standard InChI is InChI=1S/C17H30N2O2/c1-13-9-15(6-8-21-13)11-19-7-2-3-16(12-19)17(20)18-10-14-4-5-14/h13-16H,2-12H2,1H3,(H,18,20)/t13-,15-,16+/m1/s1. The van der Waals surface area contributed by atoms with Gasteiger partial charge in [0.2, 0.25) is 5.91 Å². The second kappa shape index (κ2) is 7.10. The largest absolute Gasteiger partial charge is 0.378 e. The number of hydrogen-bond acceptors (Lipinski definition) is 3. The number of hydrogen-bond donors (Lipinski definition) is 1. The molecule has 0 unspecified atom stereocenters. The van der Waals surface area contributed by atoms with Crippen LogP contribution in [0.5, 0.6) is 0 Å². The van der Waals surface area contributed by atoms with Crippen LogP contribution >= 0.6 is 0 Å². The van der Waals surface area contributed by atoms with Gasteiger partial charge in [-0.15, -0.1) is 0 Å². The van der Waals surface area contributed by atoms with E-state index < -0.39 is 0 Å². The lowest BCUT2D eigenvalue weighted by Crippen LogP contribution is -2.45. The van der Waals surface area contributed by atoms with Crippen molar-refractivity contribution in [2.75, 3.05) is 32.8 Å². The smallest absolute Gasteiger partial charge is 0.224 e. The van der Waals surface area contributed by atoms with E-state index in [4.69, 9.17) is 4.74 Å². The molecule has 2 heterocycles. The van der Waals surface area contributed by atoms with Crippen LogP contribution in [0.1, 0.15) is 45.4 Å². The topological polar surface area (TPSA) is 41.6 Å². The van der Waals surface area contributed by atoms with Crippen LogP contribution in [0, 0.1) is 17.8 Å². The first-order valence-corrected chi connectivity index (χ1v) is 8.82. The molecule has 1 N–H and O–H groups in total. The predicted molar refractivity (Wildman–Crippen MR) is 83.0 cm³/mol. The van der Waals surface area contributed by atoms with Gasteiger partial charge in [0.1, 0.15) is 0 Å². The summed E-state index contributed by atoms with van der Waals surface area (Å²) in [6.45, 7) is 7.27. The highest BCUT2D eigenvalue weighted by molar-refractivity contribution is 5.79. The van der Waals surface area contributed by atoms with Crippen LogP contribution in [0.15, 0.2) is 0 Å². The van der Waals surface area contributed by atoms with Crippen LogP contribution in [0.4, 0.5) is 0 Å². The van der Waals surface area contributed by atoms with E-state index in [2.05, 4.69) is 17.1 Å². The van der Waals surface area contributed by atoms with Gasteiger partial charge in [-0.3, -0.25) is 4.79 Å². The van der Waals surface area contributed by atoms with Gasteiger partial charge in [0.05, 0.1) is 12.0 Å².